The highest BCUT2D eigenvalue weighted by Crippen LogP contribution is 2.19. The van der Waals surface area contributed by atoms with Gasteiger partial charge in [0.1, 0.15) is 17.5 Å². The fraction of sp³-hybridized carbons (Fsp3) is 0.0667. The van der Waals surface area contributed by atoms with E-state index in [2.05, 4.69) is 15.4 Å². The number of carbonyl (C=O) groups excluding carboxylic acids is 1. The summed E-state index contributed by atoms with van der Waals surface area (Å²) in [5.41, 5.74) is 1.57. The molecule has 102 valence electrons. The minimum atomic E-state index is -0.297. The molecule has 0 saturated heterocycles. The van der Waals surface area contributed by atoms with Crippen molar-refractivity contribution in [1.82, 2.24) is 14.8 Å². The summed E-state index contributed by atoms with van der Waals surface area (Å²) in [6.07, 6.45) is 3.01. The van der Waals surface area contributed by atoms with Crippen LogP contribution in [0.2, 0.25) is 0 Å². The van der Waals surface area contributed by atoms with E-state index in [1.807, 2.05) is 30.3 Å². The molecule has 0 saturated carbocycles. The number of fused-ring (bicyclic) bond motifs is 1. The van der Waals surface area contributed by atoms with Crippen LogP contribution in [0.25, 0.3) is 10.9 Å². The molecule has 6 nitrogen and oxygen atoms in total. The monoisotopic (exact) mass is 277 g/mol. The Bertz CT molecular complexity index is 870. The molecule has 0 fully saturated rings. The van der Waals surface area contributed by atoms with Crippen molar-refractivity contribution in [2.45, 2.75) is 0 Å². The van der Waals surface area contributed by atoms with Crippen LogP contribution in [0, 0.1) is 11.3 Å². The summed E-state index contributed by atoms with van der Waals surface area (Å²) < 4.78 is 1.46. The fourth-order valence-electron chi connectivity index (χ4n) is 2.14. The Labute approximate surface area is 120 Å². The molecular weight excluding hydrogens is 266 g/mol. The molecule has 0 aliphatic carbocycles. The number of benzene rings is 1. The highest BCUT2D eigenvalue weighted by molar-refractivity contribution is 6.12. The summed E-state index contributed by atoms with van der Waals surface area (Å²) in [7, 11) is 1.67. The van der Waals surface area contributed by atoms with Gasteiger partial charge in [-0.15, -0.1) is 0 Å². The Morgan fingerprint density at radius 2 is 2.14 bits per heavy atom. The van der Waals surface area contributed by atoms with E-state index in [-0.39, 0.29) is 5.91 Å². The largest absolute Gasteiger partial charge is 0.306 e. The normalized spacial score (nSPS) is 10.3. The van der Waals surface area contributed by atoms with Crippen molar-refractivity contribution in [3.63, 3.8) is 0 Å². The first kappa shape index (κ1) is 12.8. The standard InChI is InChI=1S/C15H11N5O/c1-20-14(10(8-16)9-18-20)19-15(21)12-6-7-17-13-5-3-2-4-11(12)13/h2-7,9H,1H3,(H,19,21). The second-order valence-corrected chi connectivity index (χ2v) is 4.47. The van der Waals surface area contributed by atoms with Crippen molar-refractivity contribution >= 4 is 22.6 Å². The summed E-state index contributed by atoms with van der Waals surface area (Å²) in [6.45, 7) is 0. The number of nitrogens with zero attached hydrogens (tertiary/aromatic N) is 4. The topological polar surface area (TPSA) is 83.6 Å². The van der Waals surface area contributed by atoms with Crippen LogP contribution in [0.15, 0.2) is 42.7 Å². The zero-order valence-corrected chi connectivity index (χ0v) is 11.2. The molecule has 0 spiro atoms. The van der Waals surface area contributed by atoms with Gasteiger partial charge in [-0.2, -0.15) is 10.4 Å². The maximum atomic E-state index is 12.5. The molecule has 0 unspecified atom stereocenters. The van der Waals surface area contributed by atoms with Gasteiger partial charge >= 0.3 is 0 Å². The maximum absolute atomic E-state index is 12.5. The second kappa shape index (κ2) is 5.06. The van der Waals surface area contributed by atoms with Crippen LogP contribution in [-0.2, 0) is 7.05 Å². The highest BCUT2D eigenvalue weighted by Gasteiger charge is 2.15. The van der Waals surface area contributed by atoms with Crippen molar-refractivity contribution in [1.29, 1.82) is 5.26 Å². The Hall–Kier alpha value is -3.20. The van der Waals surface area contributed by atoms with E-state index in [1.54, 1.807) is 19.3 Å². The molecule has 6 heteroatoms. The fourth-order valence-corrected chi connectivity index (χ4v) is 2.14. The van der Waals surface area contributed by atoms with Crippen LogP contribution < -0.4 is 5.32 Å². The Morgan fingerprint density at radius 1 is 1.33 bits per heavy atom. The van der Waals surface area contributed by atoms with Crippen LogP contribution >= 0.6 is 0 Å². The average Bonchev–Trinajstić information content (AvgIpc) is 2.87. The van der Waals surface area contributed by atoms with E-state index in [9.17, 15) is 4.79 Å². The number of nitriles is 1. The van der Waals surface area contributed by atoms with E-state index < -0.39 is 0 Å². The minimum absolute atomic E-state index is 0.297. The first-order chi connectivity index (χ1) is 10.2. The molecule has 0 aliphatic rings. The first-order valence-electron chi connectivity index (χ1n) is 6.28. The lowest BCUT2D eigenvalue weighted by Gasteiger charge is -2.08. The van der Waals surface area contributed by atoms with Crippen molar-refractivity contribution in [3.8, 4) is 6.07 Å². The van der Waals surface area contributed by atoms with Gasteiger partial charge in [0.2, 0.25) is 0 Å². The zero-order chi connectivity index (χ0) is 14.8. The number of amides is 1. The number of rotatable bonds is 2. The molecule has 0 radical (unpaired) electrons. The van der Waals surface area contributed by atoms with Gasteiger partial charge in [-0.1, -0.05) is 18.2 Å². The van der Waals surface area contributed by atoms with Gasteiger partial charge in [0.25, 0.3) is 5.91 Å². The van der Waals surface area contributed by atoms with E-state index in [4.69, 9.17) is 5.26 Å². The lowest BCUT2D eigenvalue weighted by atomic mass is 10.1. The molecule has 3 rings (SSSR count). The Kier molecular flexibility index (Phi) is 3.09. The van der Waals surface area contributed by atoms with Gasteiger partial charge in [0.05, 0.1) is 17.3 Å². The third kappa shape index (κ3) is 2.21. The summed E-state index contributed by atoms with van der Waals surface area (Å²) in [5, 5.41) is 16.5. The summed E-state index contributed by atoms with van der Waals surface area (Å²) in [4.78, 5) is 16.7. The van der Waals surface area contributed by atoms with Crippen molar-refractivity contribution in [3.05, 3.63) is 53.9 Å². The van der Waals surface area contributed by atoms with Crippen LogP contribution in [0.3, 0.4) is 0 Å². The third-order valence-corrected chi connectivity index (χ3v) is 3.18. The van der Waals surface area contributed by atoms with Gasteiger partial charge in [0.15, 0.2) is 0 Å². The number of nitrogens with one attached hydrogen (secondary N) is 1. The number of carbonyl (C=O) groups is 1. The molecule has 2 aromatic heterocycles. The number of aromatic nitrogens is 3. The van der Waals surface area contributed by atoms with Crippen LogP contribution in [0.5, 0.6) is 0 Å². The quantitative estimate of drug-likeness (QED) is 0.777. The summed E-state index contributed by atoms with van der Waals surface area (Å²) in [6, 6.07) is 11.1. The maximum Gasteiger partial charge on any atom is 0.257 e. The van der Waals surface area contributed by atoms with Gasteiger partial charge in [-0.3, -0.25) is 14.5 Å². The van der Waals surface area contributed by atoms with E-state index in [1.165, 1.54) is 10.9 Å². The zero-order valence-electron chi connectivity index (χ0n) is 11.2. The van der Waals surface area contributed by atoms with Gasteiger partial charge in [0, 0.05) is 18.6 Å². The van der Waals surface area contributed by atoms with E-state index in [0.29, 0.717) is 16.9 Å². The lowest BCUT2D eigenvalue weighted by molar-refractivity contribution is 0.102. The highest BCUT2D eigenvalue weighted by atomic mass is 16.1. The number of anilines is 1. The molecular formula is C15H11N5O. The molecule has 21 heavy (non-hydrogen) atoms. The molecule has 1 N–H and O–H groups in total. The SMILES string of the molecule is Cn1ncc(C#N)c1NC(=O)c1ccnc2ccccc12. The molecule has 0 aliphatic heterocycles. The smallest absolute Gasteiger partial charge is 0.257 e. The molecule has 2 heterocycles. The van der Waals surface area contributed by atoms with E-state index >= 15 is 0 Å². The third-order valence-electron chi connectivity index (χ3n) is 3.18. The first-order valence-corrected chi connectivity index (χ1v) is 6.28. The second-order valence-electron chi connectivity index (χ2n) is 4.47. The van der Waals surface area contributed by atoms with E-state index in [0.717, 1.165) is 10.9 Å². The minimum Gasteiger partial charge on any atom is -0.306 e. The molecule has 0 bridgehead atoms. The number of pyridine rings is 1. The van der Waals surface area contributed by atoms with Crippen LogP contribution in [-0.4, -0.2) is 20.7 Å². The number of para-hydroxylation sites is 1. The Balaban J connectivity index is 2.02. The molecule has 1 aromatic carbocycles. The number of aryl methyl sites for hydroxylation is 1. The predicted molar refractivity (Wildman–Crippen MR) is 77.6 cm³/mol. The summed E-state index contributed by atoms with van der Waals surface area (Å²) in [5.74, 6) is 0.0806. The van der Waals surface area contributed by atoms with Gasteiger partial charge in [-0.05, 0) is 12.1 Å². The number of hydrogen-bond donors (Lipinski definition) is 1. The lowest BCUT2D eigenvalue weighted by Crippen LogP contribution is -2.16. The molecule has 3 aromatic rings. The molecule has 0 atom stereocenters. The van der Waals surface area contributed by atoms with Gasteiger partial charge in [-0.25, -0.2) is 0 Å². The van der Waals surface area contributed by atoms with Gasteiger partial charge < -0.3 is 5.32 Å². The van der Waals surface area contributed by atoms with Crippen molar-refractivity contribution < 1.29 is 4.79 Å². The average molecular weight is 277 g/mol. The van der Waals surface area contributed by atoms with Crippen LogP contribution in [0.1, 0.15) is 15.9 Å². The summed E-state index contributed by atoms with van der Waals surface area (Å²) >= 11 is 0. The Morgan fingerprint density at radius 3 is 2.95 bits per heavy atom. The molecule has 1 amide bonds. The predicted octanol–water partition coefficient (Wildman–Crippen LogP) is 2.09. The van der Waals surface area contributed by atoms with Crippen molar-refractivity contribution in [2.75, 3.05) is 5.32 Å². The van der Waals surface area contributed by atoms with Crippen molar-refractivity contribution in [2.24, 2.45) is 7.05 Å². The van der Waals surface area contributed by atoms with Crippen LogP contribution in [0.4, 0.5) is 5.82 Å². The number of hydrogen-bond acceptors (Lipinski definition) is 4.